The predicted molar refractivity (Wildman–Crippen MR) is 94.3 cm³/mol. The summed E-state index contributed by atoms with van der Waals surface area (Å²) < 4.78 is 27.1. The van der Waals surface area contributed by atoms with Gasteiger partial charge in [-0.05, 0) is 50.4 Å². The highest BCUT2D eigenvalue weighted by molar-refractivity contribution is 7.98. The summed E-state index contributed by atoms with van der Waals surface area (Å²) in [6.07, 6.45) is 1.91. The lowest BCUT2D eigenvalue weighted by Gasteiger charge is -2.24. The molecular weight excluding hydrogens is 328 g/mol. The molecule has 0 radical (unpaired) electrons. The van der Waals surface area contributed by atoms with Crippen LogP contribution in [0.1, 0.15) is 18.1 Å². The third-order valence-electron chi connectivity index (χ3n) is 3.49. The van der Waals surface area contributed by atoms with Crippen LogP contribution in [0.3, 0.4) is 0 Å². The summed E-state index contributed by atoms with van der Waals surface area (Å²) in [5.74, 6) is 0. The summed E-state index contributed by atoms with van der Waals surface area (Å²) in [5.41, 5.74) is 1.76. The third-order valence-corrected chi connectivity index (χ3v) is 6.12. The van der Waals surface area contributed by atoms with Gasteiger partial charge in [-0.3, -0.25) is 4.31 Å². The maximum Gasteiger partial charge on any atom is 0.264 e. The van der Waals surface area contributed by atoms with Crippen molar-refractivity contribution in [2.45, 2.75) is 23.6 Å². The minimum Gasteiger partial charge on any atom is -0.265 e. The largest absolute Gasteiger partial charge is 0.265 e. The lowest BCUT2D eigenvalue weighted by molar-refractivity contribution is 0.592. The molecular formula is C17H18N2O2S2. The predicted octanol–water partition coefficient (Wildman–Crippen LogP) is 3.80. The van der Waals surface area contributed by atoms with E-state index in [1.807, 2.05) is 19.2 Å². The zero-order valence-corrected chi connectivity index (χ0v) is 14.9. The van der Waals surface area contributed by atoms with Gasteiger partial charge in [-0.15, -0.1) is 11.8 Å². The van der Waals surface area contributed by atoms with Gasteiger partial charge in [0, 0.05) is 11.4 Å². The first kappa shape index (κ1) is 17.4. The molecule has 2 rings (SSSR count). The van der Waals surface area contributed by atoms with E-state index in [1.165, 1.54) is 16.1 Å². The Labute approximate surface area is 141 Å². The third kappa shape index (κ3) is 3.52. The lowest BCUT2D eigenvalue weighted by atomic mass is 10.2. The number of thioether (sulfide) groups is 1. The smallest absolute Gasteiger partial charge is 0.264 e. The lowest BCUT2D eigenvalue weighted by Crippen LogP contribution is -2.31. The van der Waals surface area contributed by atoms with E-state index in [1.54, 1.807) is 43.3 Å². The van der Waals surface area contributed by atoms with Gasteiger partial charge in [0.25, 0.3) is 10.0 Å². The summed E-state index contributed by atoms with van der Waals surface area (Å²) in [5, 5.41) is 9.37. The second-order valence-corrected chi connectivity index (χ2v) is 7.72. The van der Waals surface area contributed by atoms with E-state index in [-0.39, 0.29) is 11.4 Å². The Morgan fingerprint density at radius 2 is 1.83 bits per heavy atom. The van der Waals surface area contributed by atoms with Crippen molar-refractivity contribution in [3.8, 4) is 6.07 Å². The maximum atomic E-state index is 12.9. The average molecular weight is 346 g/mol. The Hall–Kier alpha value is -1.97. The minimum absolute atomic E-state index is 0.225. The van der Waals surface area contributed by atoms with Crippen molar-refractivity contribution in [1.82, 2.24) is 0 Å². The van der Waals surface area contributed by atoms with Gasteiger partial charge in [-0.1, -0.05) is 17.7 Å². The normalized spacial score (nSPS) is 11.0. The van der Waals surface area contributed by atoms with Gasteiger partial charge in [0.05, 0.1) is 16.1 Å². The van der Waals surface area contributed by atoms with Crippen LogP contribution in [0.4, 0.5) is 5.69 Å². The summed E-state index contributed by atoms with van der Waals surface area (Å²) in [6, 6.07) is 14.1. The molecule has 0 bridgehead atoms. The topological polar surface area (TPSA) is 61.2 Å². The van der Waals surface area contributed by atoms with Gasteiger partial charge in [0.2, 0.25) is 0 Å². The molecule has 0 N–H and O–H groups in total. The van der Waals surface area contributed by atoms with Crippen LogP contribution in [-0.2, 0) is 10.0 Å². The Kier molecular flexibility index (Phi) is 5.34. The highest BCUT2D eigenvalue weighted by atomic mass is 32.2. The standard InChI is InChI=1S/C17H18N2O2S2/c1-4-19(17-10-7-15(22-3)11-14(17)12-18)23(20,21)16-8-5-13(2)6-9-16/h5-11H,4H2,1-3H3. The summed E-state index contributed by atoms with van der Waals surface area (Å²) in [7, 11) is -3.70. The number of aryl methyl sites for hydroxylation is 1. The van der Waals surface area contributed by atoms with Crippen molar-refractivity contribution in [3.63, 3.8) is 0 Å². The number of nitrogens with zero attached hydrogens (tertiary/aromatic N) is 2. The van der Waals surface area contributed by atoms with Gasteiger partial charge in [0.1, 0.15) is 6.07 Å². The van der Waals surface area contributed by atoms with Gasteiger partial charge in [-0.25, -0.2) is 8.42 Å². The zero-order chi connectivity index (χ0) is 17.0. The van der Waals surface area contributed by atoms with Crippen LogP contribution in [0.25, 0.3) is 0 Å². The second kappa shape index (κ2) is 7.07. The highest BCUT2D eigenvalue weighted by Gasteiger charge is 2.25. The van der Waals surface area contributed by atoms with E-state index in [9.17, 15) is 13.7 Å². The fourth-order valence-electron chi connectivity index (χ4n) is 2.26. The SMILES string of the molecule is CCN(c1ccc(SC)cc1C#N)S(=O)(=O)c1ccc(C)cc1. The number of hydrogen-bond donors (Lipinski definition) is 0. The first-order chi connectivity index (χ1) is 10.9. The Morgan fingerprint density at radius 3 is 2.35 bits per heavy atom. The molecule has 0 heterocycles. The first-order valence-corrected chi connectivity index (χ1v) is 9.78. The Balaban J connectivity index is 2.55. The molecule has 6 heteroatoms. The quantitative estimate of drug-likeness (QED) is 0.773. The van der Waals surface area contributed by atoms with E-state index < -0.39 is 10.0 Å². The van der Waals surface area contributed by atoms with Gasteiger partial charge in [0.15, 0.2) is 0 Å². The highest BCUT2D eigenvalue weighted by Crippen LogP contribution is 2.29. The van der Waals surface area contributed by atoms with Crippen LogP contribution in [-0.4, -0.2) is 21.2 Å². The van der Waals surface area contributed by atoms with E-state index >= 15 is 0 Å². The second-order valence-electron chi connectivity index (χ2n) is 4.98. The first-order valence-electron chi connectivity index (χ1n) is 7.11. The number of anilines is 1. The molecule has 0 aliphatic heterocycles. The zero-order valence-electron chi connectivity index (χ0n) is 13.3. The number of sulfonamides is 1. The fourth-order valence-corrected chi connectivity index (χ4v) is 4.19. The number of benzene rings is 2. The fraction of sp³-hybridized carbons (Fsp3) is 0.235. The number of hydrogen-bond acceptors (Lipinski definition) is 4. The maximum absolute atomic E-state index is 12.9. The van der Waals surface area contributed by atoms with Crippen LogP contribution < -0.4 is 4.31 Å². The van der Waals surface area contributed by atoms with Gasteiger partial charge >= 0.3 is 0 Å². The van der Waals surface area contributed by atoms with Crippen molar-refractivity contribution in [1.29, 1.82) is 5.26 Å². The van der Waals surface area contributed by atoms with Crippen LogP contribution in [0.2, 0.25) is 0 Å². The van der Waals surface area contributed by atoms with E-state index in [4.69, 9.17) is 0 Å². The van der Waals surface area contributed by atoms with Crippen molar-refractivity contribution >= 4 is 27.5 Å². The molecule has 0 spiro atoms. The van der Waals surface area contributed by atoms with Crippen molar-refractivity contribution in [2.24, 2.45) is 0 Å². The molecule has 0 saturated heterocycles. The van der Waals surface area contributed by atoms with Crippen LogP contribution >= 0.6 is 11.8 Å². The van der Waals surface area contributed by atoms with Crippen LogP contribution in [0, 0.1) is 18.3 Å². The molecule has 2 aromatic rings. The molecule has 0 aromatic heterocycles. The van der Waals surface area contributed by atoms with E-state index in [0.717, 1.165) is 10.5 Å². The van der Waals surface area contributed by atoms with Crippen molar-refractivity contribution in [2.75, 3.05) is 17.1 Å². The van der Waals surface area contributed by atoms with Crippen LogP contribution in [0.15, 0.2) is 52.3 Å². The monoisotopic (exact) mass is 346 g/mol. The van der Waals surface area contributed by atoms with Crippen molar-refractivity contribution < 1.29 is 8.42 Å². The Morgan fingerprint density at radius 1 is 1.17 bits per heavy atom. The van der Waals surface area contributed by atoms with Crippen LogP contribution in [0.5, 0.6) is 0 Å². The van der Waals surface area contributed by atoms with Gasteiger partial charge in [-0.2, -0.15) is 5.26 Å². The molecule has 23 heavy (non-hydrogen) atoms. The molecule has 0 amide bonds. The molecule has 4 nitrogen and oxygen atoms in total. The minimum atomic E-state index is -3.70. The molecule has 0 atom stereocenters. The molecule has 0 aliphatic carbocycles. The molecule has 0 saturated carbocycles. The molecule has 2 aromatic carbocycles. The Bertz CT molecular complexity index is 838. The van der Waals surface area contributed by atoms with E-state index in [0.29, 0.717) is 11.3 Å². The molecule has 0 unspecified atom stereocenters. The molecule has 0 fully saturated rings. The van der Waals surface area contributed by atoms with Crippen molar-refractivity contribution in [3.05, 3.63) is 53.6 Å². The summed E-state index contributed by atoms with van der Waals surface area (Å²) in [4.78, 5) is 1.15. The molecule has 120 valence electrons. The van der Waals surface area contributed by atoms with E-state index in [2.05, 4.69) is 6.07 Å². The average Bonchev–Trinajstić information content (AvgIpc) is 2.56. The van der Waals surface area contributed by atoms with Gasteiger partial charge < -0.3 is 0 Å². The number of rotatable bonds is 5. The number of nitriles is 1. The molecule has 0 aliphatic rings. The summed E-state index contributed by atoms with van der Waals surface area (Å²) >= 11 is 1.51. The summed E-state index contributed by atoms with van der Waals surface area (Å²) in [6.45, 7) is 3.92.